The molecule has 1 saturated heterocycles. The fourth-order valence-electron chi connectivity index (χ4n) is 4.69. The molecule has 4 N–H and O–H groups in total. The number of rotatable bonds is 18. The summed E-state index contributed by atoms with van der Waals surface area (Å²) < 4.78 is 11.1. The van der Waals surface area contributed by atoms with Crippen LogP contribution in [0.3, 0.4) is 0 Å². The van der Waals surface area contributed by atoms with Gasteiger partial charge in [0.25, 0.3) is 0 Å². The number of ether oxygens (including phenoxy) is 2. The Balaban J connectivity index is 1.76. The molecule has 0 spiro atoms. The molecular weight excluding hydrogens is 606 g/mol. The summed E-state index contributed by atoms with van der Waals surface area (Å²) in [6.45, 7) is 15.8. The summed E-state index contributed by atoms with van der Waals surface area (Å²) in [6.07, 6.45) is 1.14. The zero-order valence-electron chi connectivity index (χ0n) is 29.1. The van der Waals surface area contributed by atoms with Crippen LogP contribution in [0.1, 0.15) is 86.6 Å². The van der Waals surface area contributed by atoms with E-state index in [4.69, 9.17) is 9.47 Å². The smallest absolute Gasteiger partial charge is 0.407 e. The summed E-state index contributed by atoms with van der Waals surface area (Å²) in [6, 6.07) is 4.94. The van der Waals surface area contributed by atoms with Crippen molar-refractivity contribution in [2.75, 3.05) is 25.0 Å². The molecule has 1 aliphatic rings. The lowest BCUT2D eigenvalue weighted by molar-refractivity contribution is -0.139. The van der Waals surface area contributed by atoms with Gasteiger partial charge in [-0.15, -0.1) is 0 Å². The zero-order valence-corrected chi connectivity index (χ0v) is 29.1. The van der Waals surface area contributed by atoms with Crippen LogP contribution in [0.15, 0.2) is 24.3 Å². The second kappa shape index (κ2) is 18.4. The van der Waals surface area contributed by atoms with Gasteiger partial charge in [-0.25, -0.2) is 4.79 Å². The van der Waals surface area contributed by atoms with Crippen LogP contribution in [0.2, 0.25) is 0 Å². The van der Waals surface area contributed by atoms with Gasteiger partial charge in [-0.05, 0) is 63.1 Å². The summed E-state index contributed by atoms with van der Waals surface area (Å²) in [7, 11) is 0. The number of benzene rings is 1. The van der Waals surface area contributed by atoms with Gasteiger partial charge in [0.15, 0.2) is 0 Å². The maximum Gasteiger partial charge on any atom is 0.407 e. The molecule has 1 aliphatic heterocycles. The Bertz CT molecular complexity index is 1250. The van der Waals surface area contributed by atoms with E-state index in [2.05, 4.69) is 35.1 Å². The molecule has 0 aliphatic carbocycles. The highest BCUT2D eigenvalue weighted by molar-refractivity contribution is 6.03. The highest BCUT2D eigenvalue weighted by Gasteiger charge is 2.35. The fraction of sp³-hybridized carbons (Fsp3) is 0.647. The molecule has 1 fully saturated rings. The molecular formula is C34H53N5O8. The minimum Gasteiger partial charge on any atom is -0.445 e. The Morgan fingerprint density at radius 3 is 2.21 bits per heavy atom. The first-order chi connectivity index (χ1) is 22.0. The molecule has 13 nitrogen and oxygen atoms in total. The van der Waals surface area contributed by atoms with Crippen LogP contribution in [0, 0.1) is 17.8 Å². The Morgan fingerprint density at radius 1 is 0.979 bits per heavy atom. The number of carbonyl (C=O) groups excluding carboxylic acids is 6. The van der Waals surface area contributed by atoms with Crippen LogP contribution in [0.4, 0.5) is 10.5 Å². The third-order valence-electron chi connectivity index (χ3n) is 7.83. The van der Waals surface area contributed by atoms with E-state index in [0.29, 0.717) is 30.2 Å². The van der Waals surface area contributed by atoms with Crippen molar-refractivity contribution in [3.8, 4) is 0 Å². The molecule has 47 heavy (non-hydrogen) atoms. The van der Waals surface area contributed by atoms with Crippen molar-refractivity contribution in [2.45, 2.75) is 105 Å². The number of carbonyl (C=O) groups is 6. The van der Waals surface area contributed by atoms with Crippen molar-refractivity contribution in [3.63, 3.8) is 0 Å². The van der Waals surface area contributed by atoms with Gasteiger partial charge in [0.05, 0.1) is 5.60 Å². The molecule has 0 bridgehead atoms. The lowest BCUT2D eigenvalue weighted by atomic mass is 10.00. The van der Waals surface area contributed by atoms with E-state index in [1.807, 2.05) is 27.7 Å². The molecule has 6 amide bonds. The maximum atomic E-state index is 13.0. The molecule has 1 aromatic carbocycles. The Morgan fingerprint density at radius 2 is 1.64 bits per heavy atom. The molecule has 13 heteroatoms. The predicted molar refractivity (Wildman–Crippen MR) is 177 cm³/mol. The van der Waals surface area contributed by atoms with Crippen LogP contribution in [-0.4, -0.2) is 77.9 Å². The van der Waals surface area contributed by atoms with Crippen molar-refractivity contribution in [3.05, 3.63) is 29.8 Å². The highest BCUT2D eigenvalue weighted by Crippen LogP contribution is 2.19. The van der Waals surface area contributed by atoms with Crippen molar-refractivity contribution in [1.82, 2.24) is 20.9 Å². The maximum absolute atomic E-state index is 13.0. The third kappa shape index (κ3) is 13.7. The Kier molecular flexibility index (Phi) is 15.3. The number of likely N-dealkylation sites (tertiary alicyclic amines) is 1. The second-order valence-electron chi connectivity index (χ2n) is 13.5. The van der Waals surface area contributed by atoms with Gasteiger partial charge < -0.3 is 30.7 Å². The molecule has 1 aromatic rings. The van der Waals surface area contributed by atoms with Crippen molar-refractivity contribution < 1.29 is 38.2 Å². The number of amides is 6. The third-order valence-corrected chi connectivity index (χ3v) is 7.83. The number of hydrogen-bond donors (Lipinski definition) is 4. The molecule has 3 atom stereocenters. The number of anilines is 1. The predicted octanol–water partition coefficient (Wildman–Crippen LogP) is 3.51. The number of hydrogen-bond acceptors (Lipinski definition) is 8. The monoisotopic (exact) mass is 659 g/mol. The average molecular weight is 660 g/mol. The Labute approximate surface area is 278 Å². The molecule has 262 valence electrons. The van der Waals surface area contributed by atoms with Crippen molar-refractivity contribution in [1.29, 1.82) is 0 Å². The largest absolute Gasteiger partial charge is 0.445 e. The van der Waals surface area contributed by atoms with Gasteiger partial charge in [-0.3, -0.25) is 28.9 Å². The minimum atomic E-state index is -0.880. The van der Waals surface area contributed by atoms with Gasteiger partial charge in [0, 0.05) is 44.1 Å². The second-order valence-corrected chi connectivity index (χ2v) is 13.5. The lowest BCUT2D eigenvalue weighted by Crippen LogP contribution is -2.53. The van der Waals surface area contributed by atoms with E-state index < -0.39 is 35.6 Å². The van der Waals surface area contributed by atoms with Crippen LogP contribution < -0.4 is 21.3 Å². The first kappa shape index (κ1) is 39.2. The summed E-state index contributed by atoms with van der Waals surface area (Å²) in [4.78, 5) is 75.5. The van der Waals surface area contributed by atoms with Gasteiger partial charge in [0.2, 0.25) is 29.5 Å². The fourth-order valence-corrected chi connectivity index (χ4v) is 4.69. The lowest BCUT2D eigenvalue weighted by Gasteiger charge is -2.27. The summed E-state index contributed by atoms with van der Waals surface area (Å²) in [5.74, 6) is -1.67. The van der Waals surface area contributed by atoms with Gasteiger partial charge in [-0.1, -0.05) is 46.8 Å². The van der Waals surface area contributed by atoms with Crippen LogP contribution in [0.25, 0.3) is 0 Å². The SMILES string of the molecule is CC(C)CCOC(C)(C)CCC(=O)NC(C(=O)NC(C)C(=O)Nc1ccc(COC(=O)NCCN2C(=O)CC(C)C2=O)cc1)C(C)C. The molecule has 2 rings (SSSR count). The van der Waals surface area contributed by atoms with Crippen LogP contribution in [0.5, 0.6) is 0 Å². The standard InChI is InChI=1S/C34H53N5O8/c1-21(2)14-18-47-34(7,8)15-13-27(40)38-29(22(3)4)31(43)36-24(6)30(42)37-26-11-9-25(10-12-26)20-46-33(45)35-16-17-39-28(41)19-23(5)32(39)44/h9-12,21-24,29H,13-20H2,1-8H3,(H,35,45)(H,36,43)(H,37,42)(H,38,40). The van der Waals surface area contributed by atoms with Gasteiger partial charge in [-0.2, -0.15) is 0 Å². The van der Waals surface area contributed by atoms with Crippen LogP contribution >= 0.6 is 0 Å². The molecule has 1 heterocycles. The molecule has 0 saturated carbocycles. The van der Waals surface area contributed by atoms with Crippen LogP contribution in [-0.2, 0) is 40.1 Å². The summed E-state index contributed by atoms with van der Waals surface area (Å²) in [5, 5.41) is 10.8. The van der Waals surface area contributed by atoms with Gasteiger partial charge >= 0.3 is 6.09 Å². The molecule has 0 radical (unpaired) electrons. The molecule has 3 unspecified atom stereocenters. The van der Waals surface area contributed by atoms with Crippen molar-refractivity contribution >= 4 is 41.3 Å². The minimum absolute atomic E-state index is 0.0317. The van der Waals surface area contributed by atoms with E-state index in [0.717, 1.165) is 11.3 Å². The topological polar surface area (TPSA) is 172 Å². The van der Waals surface area contributed by atoms with Crippen molar-refractivity contribution in [2.24, 2.45) is 17.8 Å². The van der Waals surface area contributed by atoms with E-state index in [-0.39, 0.29) is 62.1 Å². The summed E-state index contributed by atoms with van der Waals surface area (Å²) >= 11 is 0. The van der Waals surface area contributed by atoms with E-state index >= 15 is 0 Å². The normalized spacial score (nSPS) is 16.2. The number of nitrogens with zero attached hydrogens (tertiary/aromatic N) is 1. The highest BCUT2D eigenvalue weighted by atomic mass is 16.5. The molecule has 0 aromatic heterocycles. The summed E-state index contributed by atoms with van der Waals surface area (Å²) in [5.41, 5.74) is 0.678. The zero-order chi connectivity index (χ0) is 35.3. The van der Waals surface area contributed by atoms with E-state index in [1.54, 1.807) is 38.1 Å². The first-order valence-electron chi connectivity index (χ1n) is 16.4. The van der Waals surface area contributed by atoms with Gasteiger partial charge in [0.1, 0.15) is 18.7 Å². The van der Waals surface area contributed by atoms with E-state index in [1.165, 1.54) is 0 Å². The quantitative estimate of drug-likeness (QED) is 0.173. The van der Waals surface area contributed by atoms with E-state index in [9.17, 15) is 28.8 Å². The number of imide groups is 1. The Hall–Kier alpha value is -4.00. The number of nitrogens with one attached hydrogen (secondary N) is 4. The average Bonchev–Trinajstić information content (AvgIpc) is 3.23. The first-order valence-corrected chi connectivity index (χ1v) is 16.4. The number of alkyl carbamates (subject to hydrolysis) is 1.